The average Bonchev–Trinajstić information content (AvgIpc) is 3.22. The van der Waals surface area contributed by atoms with E-state index < -0.39 is 0 Å². The van der Waals surface area contributed by atoms with Crippen molar-refractivity contribution in [3.8, 4) is 0 Å². The van der Waals surface area contributed by atoms with E-state index in [1.54, 1.807) is 23.9 Å². The molecular weight excluding hydrogens is 394 g/mol. The summed E-state index contributed by atoms with van der Waals surface area (Å²) in [5, 5.41) is 3.16. The summed E-state index contributed by atoms with van der Waals surface area (Å²) in [7, 11) is 0. The molecule has 0 radical (unpaired) electrons. The lowest BCUT2D eigenvalue weighted by atomic mass is 10.1. The summed E-state index contributed by atoms with van der Waals surface area (Å²) in [5.41, 5.74) is 0. The van der Waals surface area contributed by atoms with Crippen LogP contribution in [0.3, 0.4) is 0 Å². The van der Waals surface area contributed by atoms with Gasteiger partial charge in [0, 0.05) is 17.5 Å². The fraction of sp³-hybridized carbons (Fsp3) is 0.0476. The van der Waals surface area contributed by atoms with Crippen LogP contribution in [0.2, 0.25) is 0 Å². The zero-order valence-electron chi connectivity index (χ0n) is 14.3. The van der Waals surface area contributed by atoms with Crippen LogP contribution in [0.4, 0.5) is 0 Å². The van der Waals surface area contributed by atoms with Crippen molar-refractivity contribution in [2.45, 2.75) is 9.99 Å². The predicted octanol–water partition coefficient (Wildman–Crippen LogP) is 5.97. The van der Waals surface area contributed by atoms with Crippen molar-refractivity contribution >= 4 is 62.8 Å². The quantitative estimate of drug-likeness (QED) is 0.294. The second-order valence-corrected chi connectivity index (χ2v) is 8.54. The lowest BCUT2D eigenvalue weighted by Crippen LogP contribution is -2.27. The molecule has 0 bridgehead atoms. The SMILES string of the molecule is C=CCN1C(=O)/C(=C/c2ccc(Sc3cccc4ccccc34)o2)SC1=S. The van der Waals surface area contributed by atoms with E-state index in [9.17, 15) is 4.79 Å². The van der Waals surface area contributed by atoms with Crippen LogP contribution in [0.1, 0.15) is 5.76 Å². The Balaban J connectivity index is 1.56. The number of thiocarbonyl (C=S) groups is 1. The van der Waals surface area contributed by atoms with Gasteiger partial charge in [-0.25, -0.2) is 0 Å². The summed E-state index contributed by atoms with van der Waals surface area (Å²) in [5.74, 6) is 0.529. The number of furan rings is 1. The maximum atomic E-state index is 12.4. The summed E-state index contributed by atoms with van der Waals surface area (Å²) in [6.45, 7) is 4.08. The van der Waals surface area contributed by atoms with Crippen molar-refractivity contribution in [2.75, 3.05) is 6.54 Å². The summed E-state index contributed by atoms with van der Waals surface area (Å²) in [4.78, 5) is 15.6. The standard InChI is InChI=1S/C21H15NO2S3/c1-2-12-22-20(23)18(27-21(22)25)13-15-10-11-19(24-15)26-17-9-5-7-14-6-3-4-8-16(14)17/h2-11,13H,1,12H2/b18-13-. The Morgan fingerprint density at radius 1 is 1.15 bits per heavy atom. The molecule has 1 amide bonds. The third-order valence-electron chi connectivity index (χ3n) is 4.02. The van der Waals surface area contributed by atoms with Crippen molar-refractivity contribution in [1.82, 2.24) is 4.90 Å². The van der Waals surface area contributed by atoms with Crippen LogP contribution in [0, 0.1) is 0 Å². The third-order valence-corrected chi connectivity index (χ3v) is 6.40. The molecule has 0 aliphatic carbocycles. The molecule has 27 heavy (non-hydrogen) atoms. The molecule has 6 heteroatoms. The minimum Gasteiger partial charge on any atom is -0.450 e. The molecule has 2 aromatic carbocycles. The van der Waals surface area contributed by atoms with E-state index in [1.165, 1.54) is 27.4 Å². The minimum absolute atomic E-state index is 0.107. The molecule has 134 valence electrons. The molecule has 0 saturated carbocycles. The number of hydrogen-bond acceptors (Lipinski definition) is 5. The molecule has 3 nitrogen and oxygen atoms in total. The predicted molar refractivity (Wildman–Crippen MR) is 117 cm³/mol. The van der Waals surface area contributed by atoms with Crippen LogP contribution >= 0.6 is 35.7 Å². The third kappa shape index (κ3) is 3.74. The van der Waals surface area contributed by atoms with E-state index in [1.807, 2.05) is 30.3 Å². The monoisotopic (exact) mass is 409 g/mol. The Labute approximate surface area is 171 Å². The normalized spacial score (nSPS) is 15.9. The second-order valence-electron chi connectivity index (χ2n) is 5.82. The highest BCUT2D eigenvalue weighted by Gasteiger charge is 2.31. The van der Waals surface area contributed by atoms with Gasteiger partial charge in [-0.05, 0) is 29.0 Å². The second kappa shape index (κ2) is 7.76. The van der Waals surface area contributed by atoms with Gasteiger partial charge in [0.15, 0.2) is 5.09 Å². The fourth-order valence-electron chi connectivity index (χ4n) is 2.78. The number of hydrogen-bond donors (Lipinski definition) is 0. The molecule has 1 saturated heterocycles. The van der Waals surface area contributed by atoms with Gasteiger partial charge in [-0.15, -0.1) is 6.58 Å². The van der Waals surface area contributed by atoms with Crippen LogP contribution in [-0.2, 0) is 4.79 Å². The molecule has 0 atom stereocenters. The molecule has 0 unspecified atom stereocenters. The van der Waals surface area contributed by atoms with Crippen molar-refractivity contribution in [2.24, 2.45) is 0 Å². The Kier molecular flexibility index (Phi) is 5.20. The molecule has 2 heterocycles. The van der Waals surface area contributed by atoms with E-state index in [2.05, 4.69) is 30.8 Å². The van der Waals surface area contributed by atoms with E-state index in [4.69, 9.17) is 16.6 Å². The maximum absolute atomic E-state index is 12.4. The van der Waals surface area contributed by atoms with Gasteiger partial charge in [0.05, 0.1) is 4.91 Å². The Morgan fingerprint density at radius 3 is 2.81 bits per heavy atom. The summed E-state index contributed by atoms with van der Waals surface area (Å²) in [6.07, 6.45) is 3.41. The first-order chi connectivity index (χ1) is 13.2. The molecular formula is C21H15NO2S3. The average molecular weight is 410 g/mol. The lowest BCUT2D eigenvalue weighted by molar-refractivity contribution is -0.121. The van der Waals surface area contributed by atoms with Crippen LogP contribution in [-0.4, -0.2) is 21.7 Å². The molecule has 3 aromatic rings. The van der Waals surface area contributed by atoms with Crippen molar-refractivity contribution in [3.63, 3.8) is 0 Å². The molecule has 1 aliphatic heterocycles. The number of fused-ring (bicyclic) bond motifs is 1. The number of rotatable bonds is 5. The van der Waals surface area contributed by atoms with Gasteiger partial charge in [-0.3, -0.25) is 9.69 Å². The Hall–Kier alpha value is -2.28. The molecule has 1 aromatic heterocycles. The van der Waals surface area contributed by atoms with Gasteiger partial charge in [-0.1, -0.05) is 78.2 Å². The number of carbonyl (C=O) groups excluding carboxylic acids is 1. The Morgan fingerprint density at radius 2 is 1.96 bits per heavy atom. The zero-order chi connectivity index (χ0) is 18.8. The highest BCUT2D eigenvalue weighted by Crippen LogP contribution is 2.36. The first kappa shape index (κ1) is 18.1. The number of nitrogens with zero attached hydrogens (tertiary/aromatic N) is 1. The van der Waals surface area contributed by atoms with Gasteiger partial charge in [0.1, 0.15) is 10.1 Å². The van der Waals surface area contributed by atoms with E-state index in [0.29, 0.717) is 21.5 Å². The van der Waals surface area contributed by atoms with Crippen molar-refractivity contribution in [3.05, 3.63) is 77.9 Å². The lowest BCUT2D eigenvalue weighted by Gasteiger charge is -2.10. The summed E-state index contributed by atoms with van der Waals surface area (Å²) < 4.78 is 6.46. The van der Waals surface area contributed by atoms with Gasteiger partial charge >= 0.3 is 0 Å². The minimum atomic E-state index is -0.107. The highest BCUT2D eigenvalue weighted by molar-refractivity contribution is 8.26. The first-order valence-electron chi connectivity index (χ1n) is 8.27. The summed E-state index contributed by atoms with van der Waals surface area (Å²) in [6, 6.07) is 18.3. The van der Waals surface area contributed by atoms with Gasteiger partial charge in [0.25, 0.3) is 5.91 Å². The largest absolute Gasteiger partial charge is 0.450 e. The van der Waals surface area contributed by atoms with Crippen LogP contribution in [0.25, 0.3) is 16.8 Å². The maximum Gasteiger partial charge on any atom is 0.266 e. The first-order valence-corrected chi connectivity index (χ1v) is 10.3. The molecule has 1 aliphatic rings. The molecule has 4 rings (SSSR count). The van der Waals surface area contributed by atoms with E-state index in [0.717, 1.165) is 9.99 Å². The molecule has 1 fully saturated rings. The number of carbonyl (C=O) groups is 1. The van der Waals surface area contributed by atoms with Crippen LogP contribution in [0.15, 0.2) is 86.6 Å². The number of benzene rings is 2. The highest BCUT2D eigenvalue weighted by atomic mass is 32.2. The topological polar surface area (TPSA) is 33.5 Å². The Bertz CT molecular complexity index is 1080. The zero-order valence-corrected chi connectivity index (χ0v) is 16.7. The number of amides is 1. The fourth-order valence-corrected chi connectivity index (χ4v) is 4.96. The van der Waals surface area contributed by atoms with Gasteiger partial charge < -0.3 is 4.42 Å². The van der Waals surface area contributed by atoms with Crippen molar-refractivity contribution < 1.29 is 9.21 Å². The number of thioether (sulfide) groups is 1. The summed E-state index contributed by atoms with van der Waals surface area (Å²) >= 11 is 8.11. The van der Waals surface area contributed by atoms with Crippen LogP contribution in [0.5, 0.6) is 0 Å². The van der Waals surface area contributed by atoms with E-state index >= 15 is 0 Å². The van der Waals surface area contributed by atoms with Gasteiger partial charge in [0.2, 0.25) is 0 Å². The smallest absolute Gasteiger partial charge is 0.266 e. The van der Waals surface area contributed by atoms with Gasteiger partial charge in [-0.2, -0.15) is 0 Å². The molecule has 0 spiro atoms. The van der Waals surface area contributed by atoms with Crippen LogP contribution < -0.4 is 0 Å². The van der Waals surface area contributed by atoms with Crippen molar-refractivity contribution in [1.29, 1.82) is 0 Å². The molecule has 0 N–H and O–H groups in total. The van der Waals surface area contributed by atoms with E-state index in [-0.39, 0.29) is 5.91 Å².